The quantitative estimate of drug-likeness (QED) is 0.550. The first-order valence-electron chi connectivity index (χ1n) is 11.6. The molecule has 1 saturated heterocycles. The summed E-state index contributed by atoms with van der Waals surface area (Å²) < 4.78 is 5.69. The largest absolute Gasteiger partial charge is 0.481 e. The van der Waals surface area contributed by atoms with Crippen molar-refractivity contribution < 1.29 is 9.53 Å². The standard InChI is InChI=1S/C28H30N4O2/c1-22(34-27-13-9-23(19-29)10-14-27)28(33)30-26-11-7-25(8-12-26)21-32-17-15-31(16-18-32)20-24-5-3-2-4-6-24/h2-14,22H,15-18,20-21H2,1H3,(H,30,33). The molecule has 174 valence electrons. The minimum Gasteiger partial charge on any atom is -0.481 e. The molecule has 6 nitrogen and oxygen atoms in total. The van der Waals surface area contributed by atoms with Crippen LogP contribution in [0.1, 0.15) is 23.6 Å². The molecule has 4 rings (SSSR count). The number of nitrogens with one attached hydrogen (secondary N) is 1. The molecule has 1 fully saturated rings. The van der Waals surface area contributed by atoms with Gasteiger partial charge in [-0.3, -0.25) is 14.6 Å². The summed E-state index contributed by atoms with van der Waals surface area (Å²) in [4.78, 5) is 17.5. The predicted octanol–water partition coefficient (Wildman–Crippen LogP) is 4.28. The number of carbonyl (C=O) groups is 1. The van der Waals surface area contributed by atoms with E-state index in [1.807, 2.05) is 12.1 Å². The molecule has 1 unspecified atom stereocenters. The molecule has 1 aliphatic heterocycles. The van der Waals surface area contributed by atoms with Crippen molar-refractivity contribution in [3.63, 3.8) is 0 Å². The van der Waals surface area contributed by atoms with E-state index in [0.717, 1.165) is 45.0 Å². The average Bonchev–Trinajstić information content (AvgIpc) is 2.87. The second-order valence-corrected chi connectivity index (χ2v) is 8.62. The summed E-state index contributed by atoms with van der Waals surface area (Å²) in [7, 11) is 0. The van der Waals surface area contributed by atoms with Gasteiger partial charge in [-0.15, -0.1) is 0 Å². The number of nitrogens with zero attached hydrogens (tertiary/aromatic N) is 3. The van der Waals surface area contributed by atoms with E-state index in [1.54, 1.807) is 31.2 Å². The van der Waals surface area contributed by atoms with Gasteiger partial charge in [0.2, 0.25) is 0 Å². The lowest BCUT2D eigenvalue weighted by Gasteiger charge is -2.34. The highest BCUT2D eigenvalue weighted by Crippen LogP contribution is 2.17. The van der Waals surface area contributed by atoms with Gasteiger partial charge in [0, 0.05) is 45.0 Å². The summed E-state index contributed by atoms with van der Waals surface area (Å²) in [5.41, 5.74) is 3.90. The normalized spacial score (nSPS) is 15.3. The van der Waals surface area contributed by atoms with Crippen LogP contribution in [0.5, 0.6) is 5.75 Å². The lowest BCUT2D eigenvalue weighted by molar-refractivity contribution is -0.122. The van der Waals surface area contributed by atoms with Crippen molar-refractivity contribution in [1.82, 2.24) is 9.80 Å². The summed E-state index contributed by atoms with van der Waals surface area (Å²) in [6.45, 7) is 7.87. The van der Waals surface area contributed by atoms with Crippen LogP contribution < -0.4 is 10.1 Å². The molecule has 34 heavy (non-hydrogen) atoms. The molecule has 1 atom stereocenters. The van der Waals surface area contributed by atoms with Gasteiger partial charge in [-0.1, -0.05) is 42.5 Å². The van der Waals surface area contributed by atoms with Crippen LogP contribution >= 0.6 is 0 Å². The number of carbonyl (C=O) groups excluding carboxylic acids is 1. The second kappa shape index (κ2) is 11.5. The van der Waals surface area contributed by atoms with Gasteiger partial charge in [0.25, 0.3) is 5.91 Å². The number of nitriles is 1. The molecular weight excluding hydrogens is 424 g/mol. The number of rotatable bonds is 8. The maximum absolute atomic E-state index is 12.5. The molecule has 0 radical (unpaired) electrons. The van der Waals surface area contributed by atoms with Gasteiger partial charge in [0.15, 0.2) is 6.10 Å². The van der Waals surface area contributed by atoms with Crippen molar-refractivity contribution in [3.05, 3.63) is 95.6 Å². The molecule has 0 saturated carbocycles. The fraction of sp³-hybridized carbons (Fsp3) is 0.286. The smallest absolute Gasteiger partial charge is 0.265 e. The third kappa shape index (κ3) is 6.67. The Morgan fingerprint density at radius 2 is 1.44 bits per heavy atom. The zero-order valence-corrected chi connectivity index (χ0v) is 19.5. The monoisotopic (exact) mass is 454 g/mol. The first-order valence-corrected chi connectivity index (χ1v) is 11.6. The third-order valence-electron chi connectivity index (χ3n) is 6.01. The average molecular weight is 455 g/mol. The minimum absolute atomic E-state index is 0.216. The summed E-state index contributed by atoms with van der Waals surface area (Å²) in [6.07, 6.45) is -0.653. The van der Waals surface area contributed by atoms with Crippen molar-refractivity contribution in [2.75, 3.05) is 31.5 Å². The highest BCUT2D eigenvalue weighted by atomic mass is 16.5. The van der Waals surface area contributed by atoms with Crippen molar-refractivity contribution in [2.24, 2.45) is 0 Å². The Hall–Kier alpha value is -3.66. The van der Waals surface area contributed by atoms with Crippen LogP contribution in [-0.4, -0.2) is 48.0 Å². The molecule has 6 heteroatoms. The first-order chi connectivity index (χ1) is 16.6. The summed E-state index contributed by atoms with van der Waals surface area (Å²) in [5.74, 6) is 0.340. The van der Waals surface area contributed by atoms with E-state index in [9.17, 15) is 4.79 Å². The number of hydrogen-bond acceptors (Lipinski definition) is 5. The van der Waals surface area contributed by atoms with E-state index >= 15 is 0 Å². The van der Waals surface area contributed by atoms with Gasteiger partial charge < -0.3 is 10.1 Å². The lowest BCUT2D eigenvalue weighted by Crippen LogP contribution is -2.45. The zero-order chi connectivity index (χ0) is 23.8. The minimum atomic E-state index is -0.653. The molecule has 0 bridgehead atoms. The molecule has 3 aromatic carbocycles. The Kier molecular flexibility index (Phi) is 7.92. The van der Waals surface area contributed by atoms with E-state index in [1.165, 1.54) is 11.1 Å². The van der Waals surface area contributed by atoms with Crippen molar-refractivity contribution in [2.45, 2.75) is 26.1 Å². The van der Waals surface area contributed by atoms with Crippen LogP contribution in [0.25, 0.3) is 0 Å². The topological polar surface area (TPSA) is 68.6 Å². The highest BCUT2D eigenvalue weighted by Gasteiger charge is 2.18. The molecule has 1 amide bonds. The SMILES string of the molecule is CC(Oc1ccc(C#N)cc1)C(=O)Nc1ccc(CN2CCN(Cc3ccccc3)CC2)cc1. The Balaban J connectivity index is 1.21. The van der Waals surface area contributed by atoms with Crippen molar-refractivity contribution in [1.29, 1.82) is 5.26 Å². The fourth-order valence-electron chi connectivity index (χ4n) is 4.01. The maximum Gasteiger partial charge on any atom is 0.265 e. The Bertz CT molecular complexity index is 1100. The number of ether oxygens (including phenoxy) is 1. The van der Waals surface area contributed by atoms with Gasteiger partial charge in [0.1, 0.15) is 5.75 Å². The highest BCUT2D eigenvalue weighted by molar-refractivity contribution is 5.94. The number of amides is 1. The number of hydrogen-bond donors (Lipinski definition) is 1. The van der Waals surface area contributed by atoms with E-state index in [4.69, 9.17) is 10.00 Å². The molecule has 1 heterocycles. The van der Waals surface area contributed by atoms with Crippen LogP contribution in [-0.2, 0) is 17.9 Å². The van der Waals surface area contributed by atoms with E-state index in [2.05, 4.69) is 63.7 Å². The fourth-order valence-corrected chi connectivity index (χ4v) is 4.01. The molecule has 0 aromatic heterocycles. The maximum atomic E-state index is 12.5. The van der Waals surface area contributed by atoms with Gasteiger partial charge in [-0.2, -0.15) is 5.26 Å². The lowest BCUT2D eigenvalue weighted by atomic mass is 10.1. The van der Waals surface area contributed by atoms with Crippen LogP contribution in [0.4, 0.5) is 5.69 Å². The molecule has 3 aromatic rings. The Morgan fingerprint density at radius 1 is 0.882 bits per heavy atom. The Labute approximate surface area is 201 Å². The second-order valence-electron chi connectivity index (χ2n) is 8.62. The molecule has 1 aliphatic rings. The number of anilines is 1. The van der Waals surface area contributed by atoms with Gasteiger partial charge in [0.05, 0.1) is 11.6 Å². The van der Waals surface area contributed by atoms with Crippen LogP contribution in [0.15, 0.2) is 78.9 Å². The van der Waals surface area contributed by atoms with E-state index in [0.29, 0.717) is 11.3 Å². The summed E-state index contributed by atoms with van der Waals surface area (Å²) >= 11 is 0. The van der Waals surface area contributed by atoms with Crippen molar-refractivity contribution >= 4 is 11.6 Å². The first kappa shape index (κ1) is 23.5. The molecular formula is C28H30N4O2. The third-order valence-corrected chi connectivity index (χ3v) is 6.01. The van der Waals surface area contributed by atoms with Crippen molar-refractivity contribution in [3.8, 4) is 11.8 Å². The Morgan fingerprint density at radius 3 is 2.00 bits per heavy atom. The number of piperazine rings is 1. The summed E-state index contributed by atoms with van der Waals surface area (Å²) in [6, 6.07) is 27.4. The van der Waals surface area contributed by atoms with Gasteiger partial charge >= 0.3 is 0 Å². The molecule has 0 spiro atoms. The van der Waals surface area contributed by atoms with Crippen LogP contribution in [0.3, 0.4) is 0 Å². The zero-order valence-electron chi connectivity index (χ0n) is 19.5. The van der Waals surface area contributed by atoms with E-state index < -0.39 is 6.10 Å². The predicted molar refractivity (Wildman–Crippen MR) is 133 cm³/mol. The van der Waals surface area contributed by atoms with Crippen LogP contribution in [0.2, 0.25) is 0 Å². The van der Waals surface area contributed by atoms with E-state index in [-0.39, 0.29) is 5.91 Å². The van der Waals surface area contributed by atoms with Gasteiger partial charge in [-0.05, 0) is 54.4 Å². The number of benzene rings is 3. The molecule has 1 N–H and O–H groups in total. The van der Waals surface area contributed by atoms with Gasteiger partial charge in [-0.25, -0.2) is 0 Å². The van der Waals surface area contributed by atoms with Crippen LogP contribution in [0, 0.1) is 11.3 Å². The molecule has 0 aliphatic carbocycles. The summed E-state index contributed by atoms with van der Waals surface area (Å²) in [5, 5.41) is 11.8.